The average molecular weight is 165 g/mol. The van der Waals surface area contributed by atoms with Crippen LogP contribution in [0.1, 0.15) is 11.4 Å². The highest BCUT2D eigenvalue weighted by atomic mass is 16.2. The number of carbonyl (C=O) groups excluding carboxylic acids is 1. The summed E-state index contributed by atoms with van der Waals surface area (Å²) in [4.78, 5) is 14.6. The summed E-state index contributed by atoms with van der Waals surface area (Å²) in [6.45, 7) is 3.72. The van der Waals surface area contributed by atoms with Gasteiger partial charge in [-0.3, -0.25) is 4.98 Å². The van der Waals surface area contributed by atoms with Crippen molar-refractivity contribution in [3.8, 4) is 0 Å². The van der Waals surface area contributed by atoms with Crippen LogP contribution in [0.4, 0.5) is 10.5 Å². The second kappa shape index (κ2) is 3.21. The zero-order chi connectivity index (χ0) is 9.14. The molecular weight excluding hydrogens is 154 g/mol. The number of nitrogens with two attached hydrogens (primary N) is 1. The molecule has 1 rings (SSSR count). The van der Waals surface area contributed by atoms with Crippen molar-refractivity contribution in [1.29, 1.82) is 0 Å². The number of hydrogen-bond acceptors (Lipinski definition) is 2. The number of urea groups is 1. The molecule has 0 spiro atoms. The third kappa shape index (κ3) is 2.23. The summed E-state index contributed by atoms with van der Waals surface area (Å²) in [6, 6.07) is 2.97. The number of nitrogens with zero attached hydrogens (tertiary/aromatic N) is 1. The Labute approximate surface area is 70.8 Å². The maximum Gasteiger partial charge on any atom is 0.316 e. The first-order chi connectivity index (χ1) is 5.58. The van der Waals surface area contributed by atoms with Crippen LogP contribution in [0.3, 0.4) is 0 Å². The molecule has 0 bridgehead atoms. The summed E-state index contributed by atoms with van der Waals surface area (Å²) in [5.74, 6) is 0. The van der Waals surface area contributed by atoms with Gasteiger partial charge in [0, 0.05) is 17.1 Å². The minimum Gasteiger partial charge on any atom is -0.351 e. The van der Waals surface area contributed by atoms with Crippen molar-refractivity contribution in [3.05, 3.63) is 23.5 Å². The van der Waals surface area contributed by atoms with Crippen LogP contribution in [-0.4, -0.2) is 11.0 Å². The molecule has 0 unspecified atom stereocenters. The Morgan fingerprint density at radius 2 is 1.92 bits per heavy atom. The summed E-state index contributed by atoms with van der Waals surface area (Å²) in [6.07, 6.45) is 0. The van der Waals surface area contributed by atoms with E-state index in [-0.39, 0.29) is 0 Å². The van der Waals surface area contributed by atoms with Gasteiger partial charge in [-0.05, 0) is 26.0 Å². The number of rotatable bonds is 1. The smallest absolute Gasteiger partial charge is 0.316 e. The molecule has 4 heteroatoms. The minimum absolute atomic E-state index is 0.556. The molecule has 0 saturated heterocycles. The van der Waals surface area contributed by atoms with Crippen molar-refractivity contribution in [3.63, 3.8) is 0 Å². The summed E-state index contributed by atoms with van der Waals surface area (Å²) in [5, 5.41) is 2.49. The first kappa shape index (κ1) is 8.52. The number of anilines is 1. The van der Waals surface area contributed by atoms with E-state index in [0.717, 1.165) is 11.4 Å². The molecule has 3 N–H and O–H groups in total. The zero-order valence-corrected chi connectivity index (χ0v) is 7.09. The number of carbonyl (C=O) groups is 1. The Balaban J connectivity index is 2.93. The van der Waals surface area contributed by atoms with Crippen LogP contribution >= 0.6 is 0 Å². The van der Waals surface area contributed by atoms with Gasteiger partial charge in [0.05, 0.1) is 0 Å². The van der Waals surface area contributed by atoms with Crippen molar-refractivity contribution in [2.45, 2.75) is 13.8 Å². The number of pyridine rings is 1. The van der Waals surface area contributed by atoms with Crippen LogP contribution in [-0.2, 0) is 0 Å². The van der Waals surface area contributed by atoms with Crippen molar-refractivity contribution < 1.29 is 4.79 Å². The molecule has 1 aromatic heterocycles. The lowest BCUT2D eigenvalue weighted by Crippen LogP contribution is -2.19. The first-order valence-corrected chi connectivity index (χ1v) is 3.59. The number of aryl methyl sites for hydroxylation is 2. The molecule has 0 aromatic carbocycles. The third-order valence-corrected chi connectivity index (χ3v) is 1.35. The normalized spacial score (nSPS) is 9.50. The molecule has 1 heterocycles. The lowest BCUT2D eigenvalue weighted by Gasteiger charge is -2.03. The van der Waals surface area contributed by atoms with Crippen LogP contribution in [0.15, 0.2) is 12.1 Å². The molecule has 2 amide bonds. The topological polar surface area (TPSA) is 68.0 Å². The maximum atomic E-state index is 10.5. The van der Waals surface area contributed by atoms with Crippen molar-refractivity contribution in [2.75, 3.05) is 5.32 Å². The molecule has 0 aliphatic heterocycles. The molecule has 12 heavy (non-hydrogen) atoms. The van der Waals surface area contributed by atoms with Gasteiger partial charge in [0.1, 0.15) is 0 Å². The molecule has 0 saturated carbocycles. The maximum absolute atomic E-state index is 10.5. The van der Waals surface area contributed by atoms with Crippen molar-refractivity contribution >= 4 is 11.7 Å². The number of hydrogen-bond donors (Lipinski definition) is 2. The van der Waals surface area contributed by atoms with Crippen LogP contribution < -0.4 is 11.1 Å². The lowest BCUT2D eigenvalue weighted by atomic mass is 10.3. The fourth-order valence-electron chi connectivity index (χ4n) is 1.05. The molecule has 64 valence electrons. The van der Waals surface area contributed by atoms with E-state index in [1.165, 1.54) is 0 Å². The highest BCUT2D eigenvalue weighted by Crippen LogP contribution is 2.09. The first-order valence-electron chi connectivity index (χ1n) is 3.59. The van der Waals surface area contributed by atoms with Gasteiger partial charge in [0.15, 0.2) is 0 Å². The second-order valence-electron chi connectivity index (χ2n) is 2.63. The third-order valence-electron chi connectivity index (χ3n) is 1.35. The second-order valence-corrected chi connectivity index (χ2v) is 2.63. The van der Waals surface area contributed by atoms with E-state index in [0.29, 0.717) is 5.69 Å². The monoisotopic (exact) mass is 165 g/mol. The van der Waals surface area contributed by atoms with Crippen LogP contribution in [0.5, 0.6) is 0 Å². The van der Waals surface area contributed by atoms with Crippen LogP contribution in [0.25, 0.3) is 0 Å². The summed E-state index contributed by atoms with van der Waals surface area (Å²) in [5.41, 5.74) is 7.36. The molecule has 1 aromatic rings. The highest BCUT2D eigenvalue weighted by molar-refractivity contribution is 5.87. The van der Waals surface area contributed by atoms with Gasteiger partial charge in [-0.1, -0.05) is 0 Å². The molecule has 0 aliphatic carbocycles. The van der Waals surface area contributed by atoms with E-state index in [1.54, 1.807) is 12.1 Å². The minimum atomic E-state index is -0.556. The van der Waals surface area contributed by atoms with Crippen LogP contribution in [0.2, 0.25) is 0 Å². The van der Waals surface area contributed by atoms with Gasteiger partial charge in [0.2, 0.25) is 0 Å². The van der Waals surface area contributed by atoms with E-state index in [2.05, 4.69) is 10.3 Å². The zero-order valence-electron chi connectivity index (χ0n) is 7.09. The number of amides is 2. The summed E-state index contributed by atoms with van der Waals surface area (Å²) < 4.78 is 0. The average Bonchev–Trinajstić information content (AvgIpc) is 1.81. The number of primary amides is 1. The molecule has 0 atom stereocenters. The van der Waals surface area contributed by atoms with Crippen molar-refractivity contribution in [1.82, 2.24) is 4.98 Å². The Kier molecular flexibility index (Phi) is 2.28. The molecule has 0 aliphatic rings. The fraction of sp³-hybridized carbons (Fsp3) is 0.250. The predicted octanol–water partition coefficient (Wildman–Crippen LogP) is 1.19. The molecular formula is C8H11N3O. The quantitative estimate of drug-likeness (QED) is 0.656. The summed E-state index contributed by atoms with van der Waals surface area (Å²) >= 11 is 0. The largest absolute Gasteiger partial charge is 0.351 e. The number of aromatic nitrogens is 1. The Morgan fingerprint density at radius 1 is 1.42 bits per heavy atom. The Hall–Kier alpha value is -1.58. The standard InChI is InChI=1S/C8H11N3O/c1-5-3-7(11-8(9)12)4-6(2)10-5/h3-4H,1-2H3,(H3,9,10,11,12). The predicted molar refractivity (Wildman–Crippen MR) is 46.9 cm³/mol. The molecule has 0 radical (unpaired) electrons. The molecule has 4 nitrogen and oxygen atoms in total. The SMILES string of the molecule is Cc1cc(NC(N)=O)cc(C)n1. The van der Waals surface area contributed by atoms with E-state index in [9.17, 15) is 4.79 Å². The van der Waals surface area contributed by atoms with E-state index >= 15 is 0 Å². The highest BCUT2D eigenvalue weighted by Gasteiger charge is 1.97. The fourth-order valence-corrected chi connectivity index (χ4v) is 1.05. The van der Waals surface area contributed by atoms with Gasteiger partial charge in [-0.25, -0.2) is 4.79 Å². The molecule has 0 fully saturated rings. The van der Waals surface area contributed by atoms with Crippen LogP contribution in [0, 0.1) is 13.8 Å². The lowest BCUT2D eigenvalue weighted by molar-refractivity contribution is 0.259. The Bertz CT molecular complexity index is 289. The Morgan fingerprint density at radius 3 is 2.33 bits per heavy atom. The summed E-state index contributed by atoms with van der Waals surface area (Å²) in [7, 11) is 0. The number of nitrogens with one attached hydrogen (secondary N) is 1. The van der Waals surface area contributed by atoms with Gasteiger partial charge in [0.25, 0.3) is 0 Å². The van der Waals surface area contributed by atoms with Gasteiger partial charge in [-0.15, -0.1) is 0 Å². The van der Waals surface area contributed by atoms with E-state index in [4.69, 9.17) is 5.73 Å². The van der Waals surface area contributed by atoms with Crippen molar-refractivity contribution in [2.24, 2.45) is 5.73 Å². The van der Waals surface area contributed by atoms with E-state index < -0.39 is 6.03 Å². The van der Waals surface area contributed by atoms with Gasteiger partial charge >= 0.3 is 6.03 Å². The van der Waals surface area contributed by atoms with E-state index in [1.807, 2.05) is 13.8 Å². The van der Waals surface area contributed by atoms with Gasteiger partial charge < -0.3 is 11.1 Å². The van der Waals surface area contributed by atoms with Gasteiger partial charge in [-0.2, -0.15) is 0 Å².